The highest BCUT2D eigenvalue weighted by atomic mass is 127. The number of halogens is 1. The summed E-state index contributed by atoms with van der Waals surface area (Å²) in [6, 6.07) is 7.55. The Kier molecular flexibility index (Phi) is 8.47. The Bertz CT molecular complexity index is 565. The lowest BCUT2D eigenvalue weighted by Gasteiger charge is -2.22. The molecule has 1 aromatic rings. The number of benzene rings is 1. The van der Waals surface area contributed by atoms with Gasteiger partial charge in [-0.1, -0.05) is 25.0 Å². The molecule has 3 atom stereocenters. The molecule has 5 nitrogen and oxygen atoms in total. The first kappa shape index (κ1) is 21.3. The third-order valence-corrected chi connectivity index (χ3v) is 5.53. The molecular formula is C20H32IN3O2. The molecule has 3 unspecified atom stereocenters. The minimum atomic E-state index is -0.593. The van der Waals surface area contributed by atoms with E-state index in [1.165, 1.54) is 25.7 Å². The molecule has 3 rings (SSSR count). The third-order valence-electron chi connectivity index (χ3n) is 5.53. The number of likely N-dealkylation sites (tertiary alicyclic amines) is 1. The van der Waals surface area contributed by atoms with Crippen LogP contribution in [0.5, 0.6) is 5.75 Å². The van der Waals surface area contributed by atoms with E-state index in [0.29, 0.717) is 6.54 Å². The summed E-state index contributed by atoms with van der Waals surface area (Å²) in [6.07, 6.45) is 4.87. The number of guanidine groups is 1. The molecule has 0 aromatic heterocycles. The van der Waals surface area contributed by atoms with Gasteiger partial charge in [0.1, 0.15) is 5.75 Å². The van der Waals surface area contributed by atoms with Crippen LogP contribution in [0.2, 0.25) is 0 Å². The van der Waals surface area contributed by atoms with E-state index in [1.54, 1.807) is 7.11 Å². The zero-order chi connectivity index (χ0) is 17.6. The van der Waals surface area contributed by atoms with E-state index in [4.69, 9.17) is 9.73 Å². The van der Waals surface area contributed by atoms with Gasteiger partial charge in [-0.05, 0) is 49.3 Å². The van der Waals surface area contributed by atoms with Crippen molar-refractivity contribution >= 4 is 29.9 Å². The van der Waals surface area contributed by atoms with E-state index in [0.717, 1.165) is 48.7 Å². The molecule has 0 spiro atoms. The van der Waals surface area contributed by atoms with E-state index in [-0.39, 0.29) is 24.0 Å². The molecule has 6 heteroatoms. The van der Waals surface area contributed by atoms with Gasteiger partial charge in [0.25, 0.3) is 0 Å². The van der Waals surface area contributed by atoms with Crippen molar-refractivity contribution in [1.82, 2.24) is 10.2 Å². The number of aliphatic hydroxyl groups excluding tert-OH is 1. The number of nitrogens with one attached hydrogen (secondary N) is 1. The van der Waals surface area contributed by atoms with Gasteiger partial charge >= 0.3 is 0 Å². The van der Waals surface area contributed by atoms with Gasteiger partial charge in [-0.2, -0.15) is 0 Å². The number of fused-ring (bicyclic) bond motifs is 1. The van der Waals surface area contributed by atoms with Crippen LogP contribution < -0.4 is 10.1 Å². The van der Waals surface area contributed by atoms with Gasteiger partial charge in [-0.3, -0.25) is 4.99 Å². The average Bonchev–Trinajstić information content (AvgIpc) is 3.09. The number of ether oxygens (including phenoxy) is 1. The maximum absolute atomic E-state index is 10.5. The van der Waals surface area contributed by atoms with E-state index in [9.17, 15) is 5.11 Å². The summed E-state index contributed by atoms with van der Waals surface area (Å²) in [4.78, 5) is 7.12. The molecule has 1 saturated heterocycles. The van der Waals surface area contributed by atoms with Gasteiger partial charge in [0.15, 0.2) is 5.96 Å². The van der Waals surface area contributed by atoms with Crippen LogP contribution in [0.25, 0.3) is 0 Å². The summed E-state index contributed by atoms with van der Waals surface area (Å²) in [6.45, 7) is 5.53. The normalized spacial score (nSPS) is 23.8. The molecule has 0 bridgehead atoms. The van der Waals surface area contributed by atoms with E-state index in [2.05, 4.69) is 17.1 Å². The number of rotatable bonds is 5. The van der Waals surface area contributed by atoms with Gasteiger partial charge in [0.05, 0.1) is 19.8 Å². The van der Waals surface area contributed by atoms with Gasteiger partial charge in [-0.15, -0.1) is 24.0 Å². The number of hydrogen-bond acceptors (Lipinski definition) is 3. The zero-order valence-corrected chi connectivity index (χ0v) is 18.2. The lowest BCUT2D eigenvalue weighted by Crippen LogP contribution is -2.40. The average molecular weight is 473 g/mol. The second-order valence-corrected chi connectivity index (χ2v) is 7.19. The largest absolute Gasteiger partial charge is 0.497 e. The van der Waals surface area contributed by atoms with Crippen LogP contribution in [0.3, 0.4) is 0 Å². The Morgan fingerprint density at radius 2 is 1.85 bits per heavy atom. The fourth-order valence-electron chi connectivity index (χ4n) is 4.11. The van der Waals surface area contributed by atoms with Crippen LogP contribution in [-0.4, -0.2) is 49.3 Å². The minimum absolute atomic E-state index is 0. The van der Waals surface area contributed by atoms with Crippen molar-refractivity contribution < 1.29 is 9.84 Å². The first-order valence-corrected chi connectivity index (χ1v) is 9.56. The molecule has 1 saturated carbocycles. The molecule has 2 aliphatic rings. The summed E-state index contributed by atoms with van der Waals surface area (Å²) in [7, 11) is 1.64. The summed E-state index contributed by atoms with van der Waals surface area (Å²) in [5.74, 6) is 3.39. The van der Waals surface area contributed by atoms with Crippen molar-refractivity contribution in [2.24, 2.45) is 16.8 Å². The SMILES string of the molecule is CCNC(=NCC(O)c1ccc(OC)cc1)N1CC2CCCCC2C1.I. The van der Waals surface area contributed by atoms with Crippen molar-refractivity contribution in [3.8, 4) is 5.75 Å². The Morgan fingerprint density at radius 3 is 2.38 bits per heavy atom. The smallest absolute Gasteiger partial charge is 0.194 e. The molecule has 0 amide bonds. The molecule has 2 N–H and O–H groups in total. The molecular weight excluding hydrogens is 441 g/mol. The fourth-order valence-corrected chi connectivity index (χ4v) is 4.11. The Labute approximate surface area is 174 Å². The van der Waals surface area contributed by atoms with Crippen LogP contribution in [0.15, 0.2) is 29.3 Å². The van der Waals surface area contributed by atoms with E-state index < -0.39 is 6.10 Å². The number of aliphatic imine (C=N–C) groups is 1. The Hall–Kier alpha value is -1.02. The summed E-state index contributed by atoms with van der Waals surface area (Å²) < 4.78 is 5.17. The van der Waals surface area contributed by atoms with Crippen molar-refractivity contribution in [3.63, 3.8) is 0 Å². The predicted octanol–water partition coefficient (Wildman–Crippen LogP) is 3.43. The fraction of sp³-hybridized carbons (Fsp3) is 0.650. The Morgan fingerprint density at radius 1 is 1.23 bits per heavy atom. The summed E-state index contributed by atoms with van der Waals surface area (Å²) in [5.41, 5.74) is 0.871. The lowest BCUT2D eigenvalue weighted by atomic mass is 9.82. The first-order chi connectivity index (χ1) is 12.2. The number of nitrogens with zero attached hydrogens (tertiary/aromatic N) is 2. The number of aliphatic hydroxyl groups is 1. The highest BCUT2D eigenvalue weighted by Gasteiger charge is 2.35. The van der Waals surface area contributed by atoms with Gasteiger partial charge in [0.2, 0.25) is 0 Å². The van der Waals surface area contributed by atoms with Crippen LogP contribution in [0, 0.1) is 11.8 Å². The highest BCUT2D eigenvalue weighted by Crippen LogP contribution is 2.36. The lowest BCUT2D eigenvalue weighted by molar-refractivity contribution is 0.186. The molecule has 1 aliphatic carbocycles. The molecule has 1 aliphatic heterocycles. The predicted molar refractivity (Wildman–Crippen MR) is 116 cm³/mol. The topological polar surface area (TPSA) is 57.1 Å². The van der Waals surface area contributed by atoms with Crippen molar-refractivity contribution in [2.45, 2.75) is 38.7 Å². The van der Waals surface area contributed by atoms with E-state index >= 15 is 0 Å². The van der Waals surface area contributed by atoms with Gasteiger partial charge in [0, 0.05) is 19.6 Å². The van der Waals surface area contributed by atoms with Crippen LogP contribution in [-0.2, 0) is 0 Å². The number of hydrogen-bond donors (Lipinski definition) is 2. The highest BCUT2D eigenvalue weighted by molar-refractivity contribution is 14.0. The summed E-state index contributed by atoms with van der Waals surface area (Å²) >= 11 is 0. The van der Waals surface area contributed by atoms with E-state index in [1.807, 2.05) is 24.3 Å². The second-order valence-electron chi connectivity index (χ2n) is 7.19. The van der Waals surface area contributed by atoms with Gasteiger partial charge < -0.3 is 20.1 Å². The number of methoxy groups -OCH3 is 1. The van der Waals surface area contributed by atoms with Crippen molar-refractivity contribution in [3.05, 3.63) is 29.8 Å². The van der Waals surface area contributed by atoms with Crippen molar-refractivity contribution in [1.29, 1.82) is 0 Å². The minimum Gasteiger partial charge on any atom is -0.497 e. The van der Waals surface area contributed by atoms with Crippen LogP contribution in [0.1, 0.15) is 44.3 Å². The van der Waals surface area contributed by atoms with Gasteiger partial charge in [-0.25, -0.2) is 0 Å². The monoisotopic (exact) mass is 473 g/mol. The zero-order valence-electron chi connectivity index (χ0n) is 15.9. The molecule has 26 heavy (non-hydrogen) atoms. The second kappa shape index (κ2) is 10.3. The maximum atomic E-state index is 10.5. The van der Waals surface area contributed by atoms with Crippen LogP contribution >= 0.6 is 24.0 Å². The first-order valence-electron chi connectivity index (χ1n) is 9.56. The maximum Gasteiger partial charge on any atom is 0.194 e. The molecule has 1 aromatic carbocycles. The van der Waals surface area contributed by atoms with Crippen LogP contribution in [0.4, 0.5) is 0 Å². The summed E-state index contributed by atoms with van der Waals surface area (Å²) in [5, 5.41) is 13.9. The standard InChI is InChI=1S/C20H31N3O2.HI/c1-3-21-20(23-13-16-6-4-5-7-17(16)14-23)22-12-19(24)15-8-10-18(25-2)11-9-15;/h8-11,16-17,19,24H,3-7,12-14H2,1-2H3,(H,21,22);1H. The quantitative estimate of drug-likeness (QED) is 0.391. The molecule has 0 radical (unpaired) electrons. The molecule has 146 valence electrons. The third kappa shape index (κ3) is 5.25. The molecule has 1 heterocycles. The Balaban J connectivity index is 0.00000243. The molecule has 2 fully saturated rings. The van der Waals surface area contributed by atoms with Crippen molar-refractivity contribution in [2.75, 3.05) is 33.3 Å².